The van der Waals surface area contributed by atoms with Gasteiger partial charge in [-0.2, -0.15) is 0 Å². The molecule has 0 spiro atoms. The van der Waals surface area contributed by atoms with Gasteiger partial charge >= 0.3 is 0 Å². The summed E-state index contributed by atoms with van der Waals surface area (Å²) in [7, 11) is 1.54. The lowest BCUT2D eigenvalue weighted by atomic mass is 10.1. The van der Waals surface area contributed by atoms with E-state index in [0.29, 0.717) is 18.7 Å². The molecule has 0 aliphatic carbocycles. The average Bonchev–Trinajstić information content (AvgIpc) is 2.09. The van der Waals surface area contributed by atoms with Gasteiger partial charge < -0.3 is 10.5 Å². The van der Waals surface area contributed by atoms with Crippen molar-refractivity contribution in [3.63, 3.8) is 0 Å². The van der Waals surface area contributed by atoms with Crippen LogP contribution in [0.4, 0.5) is 4.39 Å². The molecule has 0 saturated heterocycles. The number of nitrogens with two attached hydrogens (primary N) is 1. The minimum atomic E-state index is -0.250. The van der Waals surface area contributed by atoms with Crippen molar-refractivity contribution in [3.05, 3.63) is 35.1 Å². The first kappa shape index (κ1) is 9.16. The van der Waals surface area contributed by atoms with Gasteiger partial charge in [-0.3, -0.25) is 0 Å². The van der Waals surface area contributed by atoms with Crippen LogP contribution in [0.2, 0.25) is 0 Å². The highest BCUT2D eigenvalue weighted by molar-refractivity contribution is 5.23. The summed E-state index contributed by atoms with van der Waals surface area (Å²) < 4.78 is 17.9. The smallest absolute Gasteiger partial charge is 0.129 e. The average molecular weight is 169 g/mol. The van der Waals surface area contributed by atoms with Crippen LogP contribution in [0, 0.1) is 5.82 Å². The van der Waals surface area contributed by atoms with Crippen molar-refractivity contribution in [2.24, 2.45) is 5.73 Å². The summed E-state index contributed by atoms with van der Waals surface area (Å²) in [5.41, 5.74) is 6.71. The second-order valence-corrected chi connectivity index (χ2v) is 2.56. The van der Waals surface area contributed by atoms with E-state index in [1.807, 2.05) is 0 Å². The number of halogens is 1. The van der Waals surface area contributed by atoms with E-state index < -0.39 is 0 Å². The molecule has 0 bridgehead atoms. The van der Waals surface area contributed by atoms with Crippen LogP contribution in [0.5, 0.6) is 0 Å². The minimum absolute atomic E-state index is 0.250. The standard InChI is InChI=1S/C9H12FNO/c1-12-6-8-3-2-7(5-11)4-9(8)10/h2-4H,5-6,11H2,1H3. The molecule has 0 fully saturated rings. The van der Waals surface area contributed by atoms with Crippen LogP contribution in [0.3, 0.4) is 0 Å². The van der Waals surface area contributed by atoms with E-state index >= 15 is 0 Å². The third kappa shape index (κ3) is 2.03. The molecule has 1 aromatic rings. The van der Waals surface area contributed by atoms with Crippen molar-refractivity contribution in [2.75, 3.05) is 7.11 Å². The highest BCUT2D eigenvalue weighted by Gasteiger charge is 2.01. The molecule has 0 aliphatic heterocycles. The SMILES string of the molecule is COCc1ccc(CN)cc1F. The minimum Gasteiger partial charge on any atom is -0.380 e. The lowest BCUT2D eigenvalue weighted by Gasteiger charge is -2.03. The highest BCUT2D eigenvalue weighted by atomic mass is 19.1. The molecule has 0 radical (unpaired) electrons. The first-order valence-corrected chi connectivity index (χ1v) is 3.74. The van der Waals surface area contributed by atoms with Crippen LogP contribution in [-0.4, -0.2) is 7.11 Å². The fraction of sp³-hybridized carbons (Fsp3) is 0.333. The number of rotatable bonds is 3. The zero-order valence-electron chi connectivity index (χ0n) is 7.01. The number of ether oxygens (including phenoxy) is 1. The quantitative estimate of drug-likeness (QED) is 0.742. The van der Waals surface area contributed by atoms with E-state index in [1.165, 1.54) is 13.2 Å². The number of hydrogen-bond acceptors (Lipinski definition) is 2. The van der Waals surface area contributed by atoms with Crippen LogP contribution in [0.25, 0.3) is 0 Å². The summed E-state index contributed by atoms with van der Waals surface area (Å²) in [6.07, 6.45) is 0. The molecule has 0 aliphatic rings. The van der Waals surface area contributed by atoms with Gasteiger partial charge in [0, 0.05) is 19.2 Å². The van der Waals surface area contributed by atoms with Crippen molar-refractivity contribution in [1.82, 2.24) is 0 Å². The van der Waals surface area contributed by atoms with Crippen LogP contribution >= 0.6 is 0 Å². The van der Waals surface area contributed by atoms with Crippen LogP contribution in [-0.2, 0) is 17.9 Å². The zero-order valence-corrected chi connectivity index (χ0v) is 7.01. The Hall–Kier alpha value is -0.930. The Bertz CT molecular complexity index is 263. The molecule has 2 N–H and O–H groups in total. The van der Waals surface area contributed by atoms with Gasteiger partial charge in [-0.05, 0) is 11.6 Å². The predicted molar refractivity (Wildman–Crippen MR) is 45.0 cm³/mol. The number of methoxy groups -OCH3 is 1. The topological polar surface area (TPSA) is 35.2 Å². The first-order chi connectivity index (χ1) is 5.77. The summed E-state index contributed by atoms with van der Waals surface area (Å²) >= 11 is 0. The van der Waals surface area contributed by atoms with Crippen molar-refractivity contribution >= 4 is 0 Å². The van der Waals surface area contributed by atoms with Gasteiger partial charge in [0.05, 0.1) is 6.61 Å². The molecule has 3 heteroatoms. The lowest BCUT2D eigenvalue weighted by molar-refractivity contribution is 0.181. The Balaban J connectivity index is 2.87. The zero-order chi connectivity index (χ0) is 8.97. The highest BCUT2D eigenvalue weighted by Crippen LogP contribution is 2.10. The Labute approximate surface area is 71.1 Å². The fourth-order valence-corrected chi connectivity index (χ4v) is 0.990. The Morgan fingerprint density at radius 3 is 2.75 bits per heavy atom. The molecule has 66 valence electrons. The van der Waals surface area contributed by atoms with E-state index in [-0.39, 0.29) is 5.82 Å². The molecule has 1 aromatic carbocycles. The van der Waals surface area contributed by atoms with Gasteiger partial charge in [0.15, 0.2) is 0 Å². The number of hydrogen-bond donors (Lipinski definition) is 1. The molecular formula is C9H12FNO. The summed E-state index contributed by atoms with van der Waals surface area (Å²) in [4.78, 5) is 0. The van der Waals surface area contributed by atoms with Crippen molar-refractivity contribution in [1.29, 1.82) is 0 Å². The summed E-state index contributed by atoms with van der Waals surface area (Å²) in [5.74, 6) is -0.250. The van der Waals surface area contributed by atoms with Gasteiger partial charge in [-0.25, -0.2) is 4.39 Å². The predicted octanol–water partition coefficient (Wildman–Crippen LogP) is 1.43. The molecule has 0 saturated carbocycles. The van der Waals surface area contributed by atoms with E-state index in [4.69, 9.17) is 10.5 Å². The Morgan fingerprint density at radius 2 is 2.25 bits per heavy atom. The van der Waals surface area contributed by atoms with Gasteiger partial charge in [0.25, 0.3) is 0 Å². The molecule has 2 nitrogen and oxygen atoms in total. The summed E-state index contributed by atoms with van der Waals surface area (Å²) in [6, 6.07) is 4.94. The van der Waals surface area contributed by atoms with Crippen molar-refractivity contribution < 1.29 is 9.13 Å². The van der Waals surface area contributed by atoms with Crippen molar-refractivity contribution in [2.45, 2.75) is 13.2 Å². The van der Waals surface area contributed by atoms with Crippen LogP contribution < -0.4 is 5.73 Å². The van der Waals surface area contributed by atoms with Crippen LogP contribution in [0.15, 0.2) is 18.2 Å². The van der Waals surface area contributed by atoms with Gasteiger partial charge in [0.2, 0.25) is 0 Å². The van der Waals surface area contributed by atoms with E-state index in [2.05, 4.69) is 0 Å². The maximum absolute atomic E-state index is 13.1. The molecule has 0 aromatic heterocycles. The summed E-state index contributed by atoms with van der Waals surface area (Å²) in [6.45, 7) is 0.668. The fourth-order valence-electron chi connectivity index (χ4n) is 0.990. The van der Waals surface area contributed by atoms with E-state index in [0.717, 1.165) is 5.56 Å². The second-order valence-electron chi connectivity index (χ2n) is 2.56. The lowest BCUT2D eigenvalue weighted by Crippen LogP contribution is -1.99. The molecular weight excluding hydrogens is 157 g/mol. The summed E-state index contributed by atoms with van der Waals surface area (Å²) in [5, 5.41) is 0. The molecule has 12 heavy (non-hydrogen) atoms. The van der Waals surface area contributed by atoms with E-state index in [1.54, 1.807) is 12.1 Å². The second kappa shape index (κ2) is 4.18. The largest absolute Gasteiger partial charge is 0.380 e. The number of benzene rings is 1. The van der Waals surface area contributed by atoms with E-state index in [9.17, 15) is 4.39 Å². The maximum atomic E-state index is 13.1. The third-order valence-corrected chi connectivity index (χ3v) is 1.65. The van der Waals surface area contributed by atoms with Gasteiger partial charge in [-0.1, -0.05) is 12.1 Å². The maximum Gasteiger partial charge on any atom is 0.129 e. The molecule has 0 unspecified atom stereocenters. The van der Waals surface area contributed by atoms with Crippen molar-refractivity contribution in [3.8, 4) is 0 Å². The first-order valence-electron chi connectivity index (χ1n) is 3.74. The molecule has 0 amide bonds. The molecule has 0 heterocycles. The Morgan fingerprint density at radius 1 is 1.50 bits per heavy atom. The third-order valence-electron chi connectivity index (χ3n) is 1.65. The van der Waals surface area contributed by atoms with Crippen LogP contribution in [0.1, 0.15) is 11.1 Å². The molecule has 1 rings (SSSR count). The normalized spacial score (nSPS) is 10.2. The monoisotopic (exact) mass is 169 g/mol. The van der Waals surface area contributed by atoms with Gasteiger partial charge in [0.1, 0.15) is 5.82 Å². The molecule has 0 atom stereocenters. The van der Waals surface area contributed by atoms with Gasteiger partial charge in [-0.15, -0.1) is 0 Å². The Kier molecular flexibility index (Phi) is 3.19.